The van der Waals surface area contributed by atoms with Crippen LogP contribution in [0.25, 0.3) is 0 Å². The Hall–Kier alpha value is -0.0800. The summed E-state index contributed by atoms with van der Waals surface area (Å²) >= 11 is 0. The standard InChI is InChI=1S/C12H21NO/c1-2-13-12-5-8-3-9(6-12)11(14)10(4-8)7-12/h8-11,13-14H,2-7H2,1H3. The smallest absolute Gasteiger partial charge is 0.0598 e. The Morgan fingerprint density at radius 1 is 1.21 bits per heavy atom. The van der Waals surface area contributed by atoms with E-state index in [1.807, 2.05) is 0 Å². The predicted octanol–water partition coefficient (Wildman–Crippen LogP) is 1.54. The van der Waals surface area contributed by atoms with Crippen LogP contribution in [0.15, 0.2) is 0 Å². The molecule has 14 heavy (non-hydrogen) atoms. The van der Waals surface area contributed by atoms with Crippen LogP contribution in [0.5, 0.6) is 0 Å². The first-order valence-corrected chi connectivity index (χ1v) is 6.15. The van der Waals surface area contributed by atoms with Gasteiger partial charge < -0.3 is 10.4 Å². The van der Waals surface area contributed by atoms with Gasteiger partial charge >= 0.3 is 0 Å². The van der Waals surface area contributed by atoms with Gasteiger partial charge in [-0.3, -0.25) is 0 Å². The summed E-state index contributed by atoms with van der Waals surface area (Å²) in [5, 5.41) is 13.8. The number of hydrogen-bond donors (Lipinski definition) is 2. The highest BCUT2D eigenvalue weighted by Gasteiger charge is 2.54. The third-order valence-electron chi connectivity index (χ3n) is 4.78. The lowest BCUT2D eigenvalue weighted by molar-refractivity contribution is -0.111. The van der Waals surface area contributed by atoms with Crippen molar-refractivity contribution in [1.29, 1.82) is 0 Å². The fraction of sp³-hybridized carbons (Fsp3) is 1.00. The fourth-order valence-electron chi connectivity index (χ4n) is 4.59. The van der Waals surface area contributed by atoms with Crippen LogP contribution in [-0.2, 0) is 0 Å². The van der Waals surface area contributed by atoms with Gasteiger partial charge in [0.2, 0.25) is 0 Å². The first-order valence-electron chi connectivity index (χ1n) is 6.15. The number of rotatable bonds is 2. The molecule has 2 atom stereocenters. The van der Waals surface area contributed by atoms with Crippen LogP contribution in [-0.4, -0.2) is 23.3 Å². The zero-order valence-electron chi connectivity index (χ0n) is 9.00. The second kappa shape index (κ2) is 2.96. The number of aliphatic hydroxyl groups excluding tert-OH is 1. The van der Waals surface area contributed by atoms with E-state index >= 15 is 0 Å². The highest BCUT2D eigenvalue weighted by atomic mass is 16.3. The van der Waals surface area contributed by atoms with Gasteiger partial charge in [-0.2, -0.15) is 0 Å². The molecule has 2 heteroatoms. The average molecular weight is 195 g/mol. The van der Waals surface area contributed by atoms with Crippen molar-refractivity contribution in [2.45, 2.75) is 50.7 Å². The molecule has 4 aliphatic rings. The van der Waals surface area contributed by atoms with Crippen molar-refractivity contribution in [3.8, 4) is 0 Å². The molecular formula is C12H21NO. The van der Waals surface area contributed by atoms with Gasteiger partial charge in [-0.1, -0.05) is 6.92 Å². The van der Waals surface area contributed by atoms with E-state index in [4.69, 9.17) is 0 Å². The molecule has 4 aliphatic carbocycles. The highest BCUT2D eigenvalue weighted by molar-refractivity contribution is 5.09. The zero-order chi connectivity index (χ0) is 9.76. The predicted molar refractivity (Wildman–Crippen MR) is 56.0 cm³/mol. The molecule has 0 aromatic carbocycles. The van der Waals surface area contributed by atoms with Gasteiger partial charge in [0.25, 0.3) is 0 Å². The summed E-state index contributed by atoms with van der Waals surface area (Å²) < 4.78 is 0. The second-order valence-electron chi connectivity index (χ2n) is 5.77. The molecule has 0 aromatic heterocycles. The lowest BCUT2D eigenvalue weighted by Gasteiger charge is -2.59. The van der Waals surface area contributed by atoms with Crippen molar-refractivity contribution in [1.82, 2.24) is 5.32 Å². The molecule has 0 aliphatic heterocycles. The molecule has 80 valence electrons. The molecule has 0 heterocycles. The maximum atomic E-state index is 10.1. The Kier molecular flexibility index (Phi) is 1.94. The summed E-state index contributed by atoms with van der Waals surface area (Å²) in [5.74, 6) is 2.13. The minimum atomic E-state index is 0.0262. The maximum absolute atomic E-state index is 10.1. The van der Waals surface area contributed by atoms with Crippen molar-refractivity contribution < 1.29 is 5.11 Å². The number of aliphatic hydroxyl groups is 1. The SMILES string of the molecule is CCNC12CC3CC(C1)C(O)C(C3)C2. The lowest BCUT2D eigenvalue weighted by atomic mass is 9.52. The summed E-state index contributed by atoms with van der Waals surface area (Å²) in [6.07, 6.45) is 6.46. The van der Waals surface area contributed by atoms with Crippen LogP contribution < -0.4 is 5.32 Å². The van der Waals surface area contributed by atoms with Crippen LogP contribution in [0.4, 0.5) is 0 Å². The van der Waals surface area contributed by atoms with E-state index in [0.29, 0.717) is 17.4 Å². The van der Waals surface area contributed by atoms with Crippen molar-refractivity contribution in [2.24, 2.45) is 17.8 Å². The summed E-state index contributed by atoms with van der Waals surface area (Å²) in [5.41, 5.74) is 0.421. The van der Waals surface area contributed by atoms with Gasteiger partial charge in [-0.25, -0.2) is 0 Å². The molecule has 0 amide bonds. The topological polar surface area (TPSA) is 32.3 Å². The van der Waals surface area contributed by atoms with E-state index in [-0.39, 0.29) is 6.10 Å². The summed E-state index contributed by atoms with van der Waals surface area (Å²) in [6.45, 7) is 3.29. The van der Waals surface area contributed by atoms with Crippen LogP contribution in [0.3, 0.4) is 0 Å². The Morgan fingerprint density at radius 2 is 1.86 bits per heavy atom. The maximum Gasteiger partial charge on any atom is 0.0598 e. The molecule has 2 nitrogen and oxygen atoms in total. The normalized spacial score (nSPS) is 55.3. The Balaban J connectivity index is 1.85. The van der Waals surface area contributed by atoms with Crippen molar-refractivity contribution in [3.63, 3.8) is 0 Å². The zero-order valence-corrected chi connectivity index (χ0v) is 9.00. The molecule has 0 radical (unpaired) electrons. The third kappa shape index (κ3) is 1.17. The molecule has 4 fully saturated rings. The van der Waals surface area contributed by atoms with E-state index in [1.54, 1.807) is 0 Å². The van der Waals surface area contributed by atoms with Gasteiger partial charge in [0.05, 0.1) is 6.10 Å². The van der Waals surface area contributed by atoms with Gasteiger partial charge in [-0.05, 0) is 56.4 Å². The van der Waals surface area contributed by atoms with Gasteiger partial charge in [0.15, 0.2) is 0 Å². The van der Waals surface area contributed by atoms with E-state index in [0.717, 1.165) is 12.5 Å². The lowest BCUT2D eigenvalue weighted by Crippen LogP contribution is -2.62. The molecule has 4 saturated carbocycles. The summed E-state index contributed by atoms with van der Waals surface area (Å²) in [6, 6.07) is 0. The first-order chi connectivity index (χ1) is 6.72. The Morgan fingerprint density at radius 3 is 2.43 bits per heavy atom. The average Bonchev–Trinajstić information content (AvgIpc) is 2.12. The largest absolute Gasteiger partial charge is 0.393 e. The second-order valence-corrected chi connectivity index (χ2v) is 5.77. The van der Waals surface area contributed by atoms with E-state index in [2.05, 4.69) is 12.2 Å². The Labute approximate surface area is 86.1 Å². The van der Waals surface area contributed by atoms with Crippen molar-refractivity contribution >= 4 is 0 Å². The van der Waals surface area contributed by atoms with Crippen LogP contribution in [0.1, 0.15) is 39.0 Å². The van der Waals surface area contributed by atoms with Gasteiger partial charge in [0, 0.05) is 5.54 Å². The molecule has 0 spiro atoms. The summed E-state index contributed by atoms with van der Waals surface area (Å²) in [7, 11) is 0. The van der Waals surface area contributed by atoms with Crippen molar-refractivity contribution in [3.05, 3.63) is 0 Å². The van der Waals surface area contributed by atoms with Gasteiger partial charge in [-0.15, -0.1) is 0 Å². The summed E-state index contributed by atoms with van der Waals surface area (Å²) in [4.78, 5) is 0. The number of hydrogen-bond acceptors (Lipinski definition) is 2. The molecule has 4 bridgehead atoms. The van der Waals surface area contributed by atoms with E-state index < -0.39 is 0 Å². The molecule has 2 unspecified atom stereocenters. The molecule has 2 N–H and O–H groups in total. The minimum absolute atomic E-state index is 0.0262. The number of nitrogens with one attached hydrogen (secondary N) is 1. The molecule has 4 rings (SSSR count). The van der Waals surface area contributed by atoms with Gasteiger partial charge in [0.1, 0.15) is 0 Å². The quantitative estimate of drug-likeness (QED) is 0.700. The first kappa shape index (κ1) is 9.17. The van der Waals surface area contributed by atoms with Crippen molar-refractivity contribution in [2.75, 3.05) is 6.54 Å². The minimum Gasteiger partial charge on any atom is -0.393 e. The molecule has 0 aromatic rings. The monoisotopic (exact) mass is 195 g/mol. The van der Waals surface area contributed by atoms with Crippen LogP contribution in [0.2, 0.25) is 0 Å². The fourth-order valence-corrected chi connectivity index (χ4v) is 4.59. The van der Waals surface area contributed by atoms with Crippen LogP contribution >= 0.6 is 0 Å². The molecule has 0 saturated heterocycles. The van der Waals surface area contributed by atoms with Crippen LogP contribution in [0, 0.1) is 17.8 Å². The highest BCUT2D eigenvalue weighted by Crippen LogP contribution is 2.55. The van der Waals surface area contributed by atoms with E-state index in [1.165, 1.54) is 32.1 Å². The Bertz CT molecular complexity index is 224. The molecular weight excluding hydrogens is 174 g/mol. The van der Waals surface area contributed by atoms with E-state index in [9.17, 15) is 5.11 Å². The third-order valence-corrected chi connectivity index (χ3v) is 4.78.